The molecule has 0 aromatic rings. The van der Waals surface area contributed by atoms with E-state index in [4.69, 9.17) is 9.47 Å². The molecule has 0 N–H and O–H groups in total. The first-order valence-corrected chi connectivity index (χ1v) is 32.0. The Morgan fingerprint density at radius 3 is 0.485 bits per heavy atom. The molecule has 0 saturated carbocycles. The Hall–Kier alpha value is -1.06. The van der Waals surface area contributed by atoms with Gasteiger partial charge in [0.25, 0.3) is 0 Å². The number of unbranched alkanes of at least 4 members (excludes halogenated alkanes) is 53. The first-order chi connectivity index (χ1) is 33.7. The molecule has 0 heterocycles. The van der Waals surface area contributed by atoms with Gasteiger partial charge in [-0.3, -0.25) is 9.59 Å². The van der Waals surface area contributed by atoms with Gasteiger partial charge in [-0.15, -0.1) is 0 Å². The maximum atomic E-state index is 12.1. The van der Waals surface area contributed by atoms with E-state index in [1.807, 2.05) is 0 Å². The van der Waals surface area contributed by atoms with Gasteiger partial charge in [0.15, 0.2) is 0 Å². The normalized spacial score (nSPS) is 11.5. The van der Waals surface area contributed by atoms with Crippen molar-refractivity contribution in [1.82, 2.24) is 0 Å². The molecule has 0 aliphatic rings. The summed E-state index contributed by atoms with van der Waals surface area (Å²) in [6.07, 6.45) is 77.5. The molecule has 4 nitrogen and oxygen atoms in total. The lowest BCUT2D eigenvalue weighted by Gasteiger charge is -2.06. The Bertz CT molecular complexity index is 859. The lowest BCUT2D eigenvalue weighted by atomic mass is 10.0. The topological polar surface area (TPSA) is 52.6 Å². The number of carbonyl (C=O) groups excluding carboxylic acids is 2. The van der Waals surface area contributed by atoms with Crippen molar-refractivity contribution in [2.75, 3.05) is 13.2 Å². The molecule has 0 aromatic heterocycles. The van der Waals surface area contributed by atoms with Crippen molar-refractivity contribution in [3.8, 4) is 0 Å². The second-order valence-corrected chi connectivity index (χ2v) is 22.0. The van der Waals surface area contributed by atoms with Crippen LogP contribution in [0.25, 0.3) is 0 Å². The molecule has 0 rings (SSSR count). The van der Waals surface area contributed by atoms with Gasteiger partial charge in [0.2, 0.25) is 0 Å². The Kier molecular flexibility index (Phi) is 61.1. The fourth-order valence-corrected chi connectivity index (χ4v) is 10.2. The van der Waals surface area contributed by atoms with Gasteiger partial charge in [-0.2, -0.15) is 0 Å². The molecule has 406 valence electrons. The fraction of sp³-hybridized carbons (Fsp3) is 0.969. The molecule has 68 heavy (non-hydrogen) atoms. The van der Waals surface area contributed by atoms with Gasteiger partial charge in [0.05, 0.1) is 13.2 Å². The van der Waals surface area contributed by atoms with E-state index < -0.39 is 0 Å². The Balaban J connectivity index is 3.21. The van der Waals surface area contributed by atoms with Gasteiger partial charge in [-0.25, -0.2) is 0 Å². The van der Waals surface area contributed by atoms with Crippen molar-refractivity contribution in [2.45, 2.75) is 386 Å². The average molecular weight is 960 g/mol. The van der Waals surface area contributed by atoms with Crippen LogP contribution in [0.5, 0.6) is 0 Å². The van der Waals surface area contributed by atoms with E-state index in [1.54, 1.807) is 0 Å². The monoisotopic (exact) mass is 959 g/mol. The molecule has 0 atom stereocenters. The van der Waals surface area contributed by atoms with E-state index >= 15 is 0 Å². The largest absolute Gasteiger partial charge is 0.466 e. The summed E-state index contributed by atoms with van der Waals surface area (Å²) in [4.78, 5) is 24.2. The molecule has 0 radical (unpaired) electrons. The van der Waals surface area contributed by atoms with Crippen LogP contribution < -0.4 is 0 Å². The summed E-state index contributed by atoms with van der Waals surface area (Å²) in [6, 6.07) is 0. The Morgan fingerprint density at radius 2 is 0.324 bits per heavy atom. The SMILES string of the molecule is CCCCCCCCCCCCCCCCCCCCCCCCCCCCOC(=O)CCCCCCC(=O)OCCCCCCCCCCCCCCCCCCCCCCCCCCCC. The minimum atomic E-state index is -0.0557. The van der Waals surface area contributed by atoms with Gasteiger partial charge in [-0.05, 0) is 25.7 Å². The highest BCUT2D eigenvalue weighted by molar-refractivity contribution is 5.69. The molecule has 0 amide bonds. The molecule has 0 saturated heterocycles. The van der Waals surface area contributed by atoms with Crippen LogP contribution in [0.4, 0.5) is 0 Å². The van der Waals surface area contributed by atoms with Crippen LogP contribution in [-0.4, -0.2) is 25.2 Å². The minimum absolute atomic E-state index is 0.0557. The quantitative estimate of drug-likeness (QED) is 0.0450. The average Bonchev–Trinajstić information content (AvgIpc) is 3.34. The summed E-state index contributed by atoms with van der Waals surface area (Å²) in [7, 11) is 0. The van der Waals surface area contributed by atoms with Crippen LogP contribution in [0.1, 0.15) is 386 Å². The molecule has 0 aliphatic carbocycles. The third-order valence-electron chi connectivity index (χ3n) is 15.0. The lowest BCUT2D eigenvalue weighted by Crippen LogP contribution is -2.06. The van der Waals surface area contributed by atoms with E-state index in [2.05, 4.69) is 13.8 Å². The van der Waals surface area contributed by atoms with Crippen molar-refractivity contribution in [2.24, 2.45) is 0 Å². The Labute approximate surface area is 428 Å². The fourth-order valence-electron chi connectivity index (χ4n) is 10.2. The van der Waals surface area contributed by atoms with Crippen LogP contribution in [-0.2, 0) is 19.1 Å². The highest BCUT2D eigenvalue weighted by atomic mass is 16.5. The van der Waals surface area contributed by atoms with Crippen molar-refractivity contribution in [3.63, 3.8) is 0 Å². The zero-order valence-corrected chi connectivity index (χ0v) is 47.1. The molecule has 0 bridgehead atoms. The second kappa shape index (κ2) is 62.1. The molecule has 0 aromatic carbocycles. The predicted octanol–water partition coefficient (Wildman–Crippen LogP) is 22.7. The summed E-state index contributed by atoms with van der Waals surface area (Å²) in [5, 5.41) is 0. The van der Waals surface area contributed by atoms with Crippen LogP contribution >= 0.6 is 0 Å². The molecular formula is C64H126O4. The number of hydrogen-bond donors (Lipinski definition) is 0. The van der Waals surface area contributed by atoms with E-state index in [-0.39, 0.29) is 11.9 Å². The third kappa shape index (κ3) is 61.1. The molecule has 0 spiro atoms. The highest BCUT2D eigenvalue weighted by Crippen LogP contribution is 2.19. The van der Waals surface area contributed by atoms with Gasteiger partial charge in [0, 0.05) is 12.8 Å². The maximum absolute atomic E-state index is 12.1. The first-order valence-electron chi connectivity index (χ1n) is 32.0. The van der Waals surface area contributed by atoms with Crippen molar-refractivity contribution in [1.29, 1.82) is 0 Å². The second-order valence-electron chi connectivity index (χ2n) is 22.0. The predicted molar refractivity (Wildman–Crippen MR) is 301 cm³/mol. The lowest BCUT2D eigenvalue weighted by molar-refractivity contribution is -0.145. The third-order valence-corrected chi connectivity index (χ3v) is 15.0. The van der Waals surface area contributed by atoms with Gasteiger partial charge < -0.3 is 9.47 Å². The molecule has 0 aliphatic heterocycles. The summed E-state index contributed by atoms with van der Waals surface area (Å²) in [5.41, 5.74) is 0. The van der Waals surface area contributed by atoms with Crippen molar-refractivity contribution >= 4 is 11.9 Å². The minimum Gasteiger partial charge on any atom is -0.466 e. The summed E-state index contributed by atoms with van der Waals surface area (Å²) >= 11 is 0. The van der Waals surface area contributed by atoms with Crippen LogP contribution in [0, 0.1) is 0 Å². The number of carbonyl (C=O) groups is 2. The van der Waals surface area contributed by atoms with E-state index in [0.29, 0.717) is 26.1 Å². The van der Waals surface area contributed by atoms with Gasteiger partial charge in [0.1, 0.15) is 0 Å². The number of ether oxygens (including phenoxy) is 2. The van der Waals surface area contributed by atoms with E-state index in [9.17, 15) is 9.59 Å². The van der Waals surface area contributed by atoms with Crippen LogP contribution in [0.3, 0.4) is 0 Å². The van der Waals surface area contributed by atoms with E-state index in [0.717, 1.165) is 38.5 Å². The van der Waals surface area contributed by atoms with Crippen LogP contribution in [0.15, 0.2) is 0 Å². The highest BCUT2D eigenvalue weighted by Gasteiger charge is 2.06. The summed E-state index contributed by atoms with van der Waals surface area (Å²) in [6.45, 7) is 5.75. The zero-order chi connectivity index (χ0) is 49.0. The molecule has 0 unspecified atom stereocenters. The van der Waals surface area contributed by atoms with Crippen molar-refractivity contribution in [3.05, 3.63) is 0 Å². The summed E-state index contributed by atoms with van der Waals surface area (Å²) < 4.78 is 10.9. The maximum Gasteiger partial charge on any atom is 0.305 e. The molecular weight excluding hydrogens is 833 g/mol. The number of hydrogen-bond acceptors (Lipinski definition) is 4. The van der Waals surface area contributed by atoms with Gasteiger partial charge >= 0.3 is 11.9 Å². The van der Waals surface area contributed by atoms with E-state index in [1.165, 1.54) is 321 Å². The number of rotatable bonds is 61. The van der Waals surface area contributed by atoms with Crippen molar-refractivity contribution < 1.29 is 19.1 Å². The molecule has 0 fully saturated rings. The molecule has 4 heteroatoms. The summed E-state index contributed by atoms with van der Waals surface area (Å²) in [5.74, 6) is -0.111. The first kappa shape index (κ1) is 66.9. The Morgan fingerprint density at radius 1 is 0.191 bits per heavy atom. The zero-order valence-electron chi connectivity index (χ0n) is 47.1. The standard InChI is InChI=1S/C64H126O4/c1-3-5-7-9-11-13-15-17-19-21-23-25-27-29-31-33-35-37-39-41-43-45-47-49-53-57-61-67-63(65)59-55-51-52-56-60-64(66)68-62-58-54-50-48-46-44-42-40-38-36-34-32-30-28-26-24-22-20-18-16-14-12-10-8-6-4-2/h3-62H2,1-2H3. The van der Waals surface area contributed by atoms with Crippen LogP contribution in [0.2, 0.25) is 0 Å². The van der Waals surface area contributed by atoms with Gasteiger partial charge in [-0.1, -0.05) is 348 Å². The smallest absolute Gasteiger partial charge is 0.305 e. The number of esters is 2.